The molecule has 0 heterocycles. The van der Waals surface area contributed by atoms with Gasteiger partial charge in [0.1, 0.15) is 11.5 Å². The lowest BCUT2D eigenvalue weighted by Gasteiger charge is -2.09. The summed E-state index contributed by atoms with van der Waals surface area (Å²) in [5.74, 6) is 7.62. The molecule has 29 heavy (non-hydrogen) atoms. The lowest BCUT2D eigenvalue weighted by atomic mass is 9.98. The van der Waals surface area contributed by atoms with E-state index in [1.807, 2.05) is 66.7 Å². The topological polar surface area (TPSA) is 29.5 Å². The summed E-state index contributed by atoms with van der Waals surface area (Å²) in [7, 11) is 1.66. The van der Waals surface area contributed by atoms with Gasteiger partial charge in [0.25, 0.3) is 0 Å². The molecule has 0 radical (unpaired) electrons. The molecule has 0 aliphatic carbocycles. The molecule has 0 unspecified atom stereocenters. The summed E-state index contributed by atoms with van der Waals surface area (Å²) < 4.78 is 5.18. The first-order chi connectivity index (χ1) is 14.2. The first-order valence-electron chi connectivity index (χ1n) is 9.63. The summed E-state index contributed by atoms with van der Waals surface area (Å²) in [5.41, 5.74) is 4.15. The van der Waals surface area contributed by atoms with Crippen LogP contribution >= 0.6 is 0 Å². The molecule has 4 rings (SSSR count). The van der Waals surface area contributed by atoms with E-state index in [1.165, 1.54) is 5.56 Å². The SMILES string of the molecule is COc1ccc(CC#Cc2ccc3ccc(Cc4ccccc4)c(O)c3c2)cc1. The quantitative estimate of drug-likeness (QED) is 0.459. The van der Waals surface area contributed by atoms with Gasteiger partial charge in [0.2, 0.25) is 0 Å². The number of methoxy groups -OCH3 is 1. The molecule has 4 aromatic rings. The van der Waals surface area contributed by atoms with Crippen LogP contribution in [0.5, 0.6) is 11.5 Å². The van der Waals surface area contributed by atoms with Crippen molar-refractivity contribution in [3.8, 4) is 23.3 Å². The molecular formula is C27H22O2. The summed E-state index contributed by atoms with van der Waals surface area (Å²) in [6, 6.07) is 28.2. The van der Waals surface area contributed by atoms with Crippen LogP contribution in [0.15, 0.2) is 84.9 Å². The van der Waals surface area contributed by atoms with Gasteiger partial charge in [0.15, 0.2) is 0 Å². The molecule has 0 fully saturated rings. The summed E-state index contributed by atoms with van der Waals surface area (Å²) in [4.78, 5) is 0. The number of hydrogen-bond acceptors (Lipinski definition) is 2. The Morgan fingerprint density at radius 3 is 2.34 bits per heavy atom. The highest BCUT2D eigenvalue weighted by molar-refractivity contribution is 5.90. The Morgan fingerprint density at radius 1 is 0.828 bits per heavy atom. The average molecular weight is 378 g/mol. The Kier molecular flexibility index (Phi) is 5.49. The van der Waals surface area contributed by atoms with E-state index in [2.05, 4.69) is 30.0 Å². The molecule has 0 bridgehead atoms. The van der Waals surface area contributed by atoms with Crippen molar-refractivity contribution in [1.29, 1.82) is 0 Å². The van der Waals surface area contributed by atoms with Crippen molar-refractivity contribution in [2.24, 2.45) is 0 Å². The Labute approximate surface area is 171 Å². The number of aromatic hydroxyl groups is 1. The molecule has 0 atom stereocenters. The molecule has 0 aromatic heterocycles. The highest BCUT2D eigenvalue weighted by Gasteiger charge is 2.08. The van der Waals surface area contributed by atoms with Crippen molar-refractivity contribution < 1.29 is 9.84 Å². The molecule has 0 spiro atoms. The van der Waals surface area contributed by atoms with Crippen molar-refractivity contribution in [2.75, 3.05) is 7.11 Å². The van der Waals surface area contributed by atoms with Crippen LogP contribution in [0.2, 0.25) is 0 Å². The minimum Gasteiger partial charge on any atom is -0.507 e. The Hall–Kier alpha value is -3.70. The van der Waals surface area contributed by atoms with Gasteiger partial charge in [-0.15, -0.1) is 0 Å². The van der Waals surface area contributed by atoms with E-state index < -0.39 is 0 Å². The number of phenols is 1. The zero-order valence-electron chi connectivity index (χ0n) is 16.4. The lowest BCUT2D eigenvalue weighted by molar-refractivity contribution is 0.414. The fourth-order valence-corrected chi connectivity index (χ4v) is 3.38. The smallest absolute Gasteiger partial charge is 0.126 e. The molecule has 0 aliphatic rings. The maximum absolute atomic E-state index is 10.8. The normalized spacial score (nSPS) is 10.4. The minimum absolute atomic E-state index is 0.338. The van der Waals surface area contributed by atoms with Gasteiger partial charge in [-0.1, -0.05) is 72.5 Å². The standard InChI is InChI=1S/C27H22O2/c1-29-25-16-11-20(12-17-25)8-5-9-22-10-13-23-14-15-24(27(28)26(23)19-22)18-21-6-3-2-4-7-21/h2-4,6-7,10-17,19,28H,8,18H2,1H3. The minimum atomic E-state index is 0.338. The van der Waals surface area contributed by atoms with Crippen LogP contribution in [-0.2, 0) is 12.8 Å². The fourth-order valence-electron chi connectivity index (χ4n) is 3.38. The van der Waals surface area contributed by atoms with E-state index in [9.17, 15) is 5.11 Å². The van der Waals surface area contributed by atoms with Gasteiger partial charge < -0.3 is 9.84 Å². The van der Waals surface area contributed by atoms with E-state index in [0.29, 0.717) is 18.6 Å². The van der Waals surface area contributed by atoms with Crippen LogP contribution < -0.4 is 4.74 Å². The van der Waals surface area contributed by atoms with E-state index in [4.69, 9.17) is 4.74 Å². The van der Waals surface area contributed by atoms with Crippen LogP contribution in [0.25, 0.3) is 10.8 Å². The first-order valence-corrected chi connectivity index (χ1v) is 9.63. The summed E-state index contributed by atoms with van der Waals surface area (Å²) >= 11 is 0. The van der Waals surface area contributed by atoms with E-state index >= 15 is 0 Å². The maximum Gasteiger partial charge on any atom is 0.126 e. The fraction of sp³-hybridized carbons (Fsp3) is 0.111. The number of rotatable bonds is 4. The van der Waals surface area contributed by atoms with Crippen LogP contribution in [0.3, 0.4) is 0 Å². The van der Waals surface area contributed by atoms with Crippen LogP contribution in [-0.4, -0.2) is 12.2 Å². The largest absolute Gasteiger partial charge is 0.507 e. The van der Waals surface area contributed by atoms with Crippen LogP contribution in [0, 0.1) is 11.8 Å². The van der Waals surface area contributed by atoms with E-state index in [-0.39, 0.29) is 0 Å². The third kappa shape index (κ3) is 4.42. The third-order valence-corrected chi connectivity index (χ3v) is 5.00. The molecule has 142 valence electrons. The van der Waals surface area contributed by atoms with Crippen molar-refractivity contribution in [1.82, 2.24) is 0 Å². The van der Waals surface area contributed by atoms with Gasteiger partial charge in [-0.05, 0) is 46.3 Å². The van der Waals surface area contributed by atoms with E-state index in [0.717, 1.165) is 33.2 Å². The Balaban J connectivity index is 1.57. The van der Waals surface area contributed by atoms with Crippen molar-refractivity contribution in [3.63, 3.8) is 0 Å². The predicted octanol–water partition coefficient (Wildman–Crippen LogP) is 5.74. The molecular weight excluding hydrogens is 356 g/mol. The van der Waals surface area contributed by atoms with Gasteiger partial charge in [-0.2, -0.15) is 0 Å². The summed E-state index contributed by atoms with van der Waals surface area (Å²) in [5, 5.41) is 12.7. The monoisotopic (exact) mass is 378 g/mol. The second kappa shape index (κ2) is 8.54. The zero-order valence-corrected chi connectivity index (χ0v) is 16.4. The molecule has 2 nitrogen and oxygen atoms in total. The molecule has 4 aromatic carbocycles. The van der Waals surface area contributed by atoms with Gasteiger partial charge in [0, 0.05) is 23.8 Å². The molecule has 0 amide bonds. The summed E-state index contributed by atoms with van der Waals surface area (Å²) in [6.45, 7) is 0. The van der Waals surface area contributed by atoms with Crippen LogP contribution in [0.1, 0.15) is 22.3 Å². The average Bonchev–Trinajstić information content (AvgIpc) is 2.77. The molecule has 0 saturated heterocycles. The Morgan fingerprint density at radius 2 is 1.59 bits per heavy atom. The Bertz CT molecular complexity index is 1180. The number of fused-ring (bicyclic) bond motifs is 1. The highest BCUT2D eigenvalue weighted by Crippen LogP contribution is 2.31. The number of phenolic OH excluding ortho intramolecular Hbond substituents is 1. The number of ether oxygens (including phenoxy) is 1. The van der Waals surface area contributed by atoms with Gasteiger partial charge in [-0.25, -0.2) is 0 Å². The van der Waals surface area contributed by atoms with Crippen LogP contribution in [0.4, 0.5) is 0 Å². The second-order valence-electron chi connectivity index (χ2n) is 7.00. The molecule has 1 N–H and O–H groups in total. The van der Waals surface area contributed by atoms with Gasteiger partial charge in [-0.3, -0.25) is 0 Å². The molecule has 0 saturated carbocycles. The number of hydrogen-bond donors (Lipinski definition) is 1. The van der Waals surface area contributed by atoms with Gasteiger partial charge in [0.05, 0.1) is 7.11 Å². The van der Waals surface area contributed by atoms with Gasteiger partial charge >= 0.3 is 0 Å². The highest BCUT2D eigenvalue weighted by atomic mass is 16.5. The maximum atomic E-state index is 10.8. The van der Waals surface area contributed by atoms with E-state index in [1.54, 1.807) is 7.11 Å². The van der Waals surface area contributed by atoms with Crippen molar-refractivity contribution in [2.45, 2.75) is 12.8 Å². The predicted molar refractivity (Wildman–Crippen MR) is 118 cm³/mol. The lowest BCUT2D eigenvalue weighted by Crippen LogP contribution is -1.90. The third-order valence-electron chi connectivity index (χ3n) is 5.00. The molecule has 0 aliphatic heterocycles. The second-order valence-corrected chi connectivity index (χ2v) is 7.00. The zero-order chi connectivity index (χ0) is 20.1. The number of benzene rings is 4. The van der Waals surface area contributed by atoms with Crippen molar-refractivity contribution >= 4 is 10.8 Å². The van der Waals surface area contributed by atoms with Crippen molar-refractivity contribution in [3.05, 3.63) is 107 Å². The first kappa shape index (κ1) is 18.7. The summed E-state index contributed by atoms with van der Waals surface area (Å²) in [6.07, 6.45) is 1.37. The molecule has 2 heteroatoms.